The molecule has 0 aliphatic heterocycles. The Morgan fingerprint density at radius 3 is 2.62 bits per heavy atom. The molecule has 0 aliphatic carbocycles. The van der Waals surface area contributed by atoms with Crippen LogP contribution in [0.25, 0.3) is 11.1 Å². The van der Waals surface area contributed by atoms with Crippen LogP contribution in [-0.2, 0) is 6.54 Å². The minimum absolute atomic E-state index is 0.304. The molecule has 0 saturated heterocycles. The molecule has 0 atom stereocenters. The largest absolute Gasteiger partial charge is 0.507 e. The summed E-state index contributed by atoms with van der Waals surface area (Å²) in [7, 11) is 0. The van der Waals surface area contributed by atoms with Crippen molar-refractivity contribution in [1.29, 1.82) is 0 Å². The van der Waals surface area contributed by atoms with Gasteiger partial charge < -0.3 is 5.11 Å². The zero-order valence-electron chi connectivity index (χ0n) is 8.72. The molecule has 3 heteroatoms. The lowest BCUT2D eigenvalue weighted by Crippen LogP contribution is -1.98. The quantitative estimate of drug-likeness (QED) is 0.710. The summed E-state index contributed by atoms with van der Waals surface area (Å²) in [6, 6.07) is 15.3. The van der Waals surface area contributed by atoms with Gasteiger partial charge in [0, 0.05) is 12.1 Å². The van der Waals surface area contributed by atoms with Crippen LogP contribution in [0.5, 0.6) is 5.75 Å². The number of phenolic OH excluding ortho intramolecular Hbond substituents is 1. The average Bonchev–Trinajstić information content (AvgIpc) is 2.30. The summed E-state index contributed by atoms with van der Waals surface area (Å²) < 4.78 is 2.81. The number of hydrogen-bond donors (Lipinski definition) is 3. The van der Waals surface area contributed by atoms with Crippen LogP contribution >= 0.6 is 12.8 Å². The Morgan fingerprint density at radius 2 is 1.88 bits per heavy atom. The summed E-state index contributed by atoms with van der Waals surface area (Å²) in [4.78, 5) is 0. The van der Waals surface area contributed by atoms with Crippen molar-refractivity contribution in [1.82, 2.24) is 4.72 Å². The first kappa shape index (κ1) is 11.0. The predicted molar refractivity (Wildman–Crippen MR) is 69.4 cm³/mol. The van der Waals surface area contributed by atoms with Crippen LogP contribution in [0.15, 0.2) is 48.5 Å². The highest BCUT2D eigenvalue weighted by atomic mass is 32.1. The van der Waals surface area contributed by atoms with Crippen LogP contribution in [-0.4, -0.2) is 5.11 Å². The minimum Gasteiger partial charge on any atom is -0.507 e. The van der Waals surface area contributed by atoms with Crippen LogP contribution in [0.2, 0.25) is 0 Å². The third kappa shape index (κ3) is 2.38. The van der Waals surface area contributed by atoms with Crippen molar-refractivity contribution >= 4 is 12.8 Å². The van der Waals surface area contributed by atoms with Gasteiger partial charge in [-0.3, -0.25) is 4.72 Å². The molecule has 2 aromatic carbocycles. The topological polar surface area (TPSA) is 32.3 Å². The SMILES string of the molecule is Oc1ccccc1-c1cccc(CNS)c1. The maximum Gasteiger partial charge on any atom is 0.123 e. The van der Waals surface area contributed by atoms with E-state index in [1.165, 1.54) is 0 Å². The summed E-state index contributed by atoms with van der Waals surface area (Å²) in [5.74, 6) is 0.304. The highest BCUT2D eigenvalue weighted by Gasteiger charge is 2.03. The molecule has 16 heavy (non-hydrogen) atoms. The second kappa shape index (κ2) is 5.05. The number of phenols is 1. The Balaban J connectivity index is 2.40. The highest BCUT2D eigenvalue weighted by Crippen LogP contribution is 2.28. The van der Waals surface area contributed by atoms with E-state index in [1.807, 2.05) is 42.5 Å². The summed E-state index contributed by atoms with van der Waals surface area (Å²) in [6.45, 7) is 0.699. The van der Waals surface area contributed by atoms with Gasteiger partial charge in [-0.25, -0.2) is 0 Å². The van der Waals surface area contributed by atoms with Crippen molar-refractivity contribution in [2.75, 3.05) is 0 Å². The third-order valence-electron chi connectivity index (χ3n) is 2.43. The van der Waals surface area contributed by atoms with Gasteiger partial charge in [-0.05, 0) is 23.3 Å². The molecule has 2 rings (SSSR count). The molecule has 0 fully saturated rings. The smallest absolute Gasteiger partial charge is 0.123 e. The van der Waals surface area contributed by atoms with E-state index >= 15 is 0 Å². The van der Waals surface area contributed by atoms with Crippen molar-refractivity contribution in [2.24, 2.45) is 0 Å². The summed E-state index contributed by atoms with van der Waals surface area (Å²) in [5, 5.41) is 9.75. The number of aromatic hydroxyl groups is 1. The number of thiol groups is 1. The average molecular weight is 231 g/mol. The van der Waals surface area contributed by atoms with Crippen molar-refractivity contribution in [3.05, 3.63) is 54.1 Å². The van der Waals surface area contributed by atoms with E-state index in [0.29, 0.717) is 12.3 Å². The fourth-order valence-corrected chi connectivity index (χ4v) is 1.84. The maximum absolute atomic E-state index is 9.75. The first-order valence-corrected chi connectivity index (χ1v) is 5.50. The second-order valence-corrected chi connectivity index (χ2v) is 3.87. The molecular weight excluding hydrogens is 218 g/mol. The van der Waals surface area contributed by atoms with Crippen LogP contribution < -0.4 is 4.72 Å². The van der Waals surface area contributed by atoms with Gasteiger partial charge >= 0.3 is 0 Å². The van der Waals surface area contributed by atoms with Gasteiger partial charge in [-0.2, -0.15) is 0 Å². The van der Waals surface area contributed by atoms with Crippen LogP contribution in [0, 0.1) is 0 Å². The molecule has 0 radical (unpaired) electrons. The van der Waals surface area contributed by atoms with Gasteiger partial charge in [-0.15, -0.1) is 0 Å². The van der Waals surface area contributed by atoms with Gasteiger partial charge in [0.25, 0.3) is 0 Å². The Labute approximate surface area is 100 Å². The lowest BCUT2D eigenvalue weighted by atomic mass is 10.0. The normalized spacial score (nSPS) is 10.3. The van der Waals surface area contributed by atoms with E-state index in [2.05, 4.69) is 17.5 Å². The number of nitrogens with one attached hydrogen (secondary N) is 1. The lowest BCUT2D eigenvalue weighted by Gasteiger charge is -2.06. The number of benzene rings is 2. The number of rotatable bonds is 3. The number of para-hydroxylation sites is 1. The lowest BCUT2D eigenvalue weighted by molar-refractivity contribution is 0.477. The molecule has 0 heterocycles. The second-order valence-electron chi connectivity index (χ2n) is 3.55. The third-order valence-corrected chi connectivity index (χ3v) is 2.58. The fourth-order valence-electron chi connectivity index (χ4n) is 1.66. The molecule has 2 N–H and O–H groups in total. The van der Waals surface area contributed by atoms with Crippen molar-refractivity contribution in [3.8, 4) is 16.9 Å². The molecule has 0 saturated carbocycles. The molecule has 0 aliphatic rings. The van der Waals surface area contributed by atoms with E-state index in [4.69, 9.17) is 0 Å². The Bertz CT molecular complexity index is 485. The van der Waals surface area contributed by atoms with E-state index < -0.39 is 0 Å². The summed E-state index contributed by atoms with van der Waals surface area (Å²) in [6.07, 6.45) is 0. The van der Waals surface area contributed by atoms with Crippen molar-refractivity contribution in [2.45, 2.75) is 6.54 Å². The standard InChI is InChI=1S/C13H13NOS/c15-13-7-2-1-6-12(13)11-5-3-4-10(8-11)9-14-16/h1-8,14-16H,9H2. The summed E-state index contributed by atoms with van der Waals surface area (Å²) >= 11 is 3.97. The van der Waals surface area contributed by atoms with Crippen LogP contribution in [0.3, 0.4) is 0 Å². The van der Waals surface area contributed by atoms with Crippen LogP contribution in [0.4, 0.5) is 0 Å². The monoisotopic (exact) mass is 231 g/mol. The summed E-state index contributed by atoms with van der Waals surface area (Å²) in [5.41, 5.74) is 3.00. The molecule has 0 amide bonds. The zero-order chi connectivity index (χ0) is 11.4. The Hall–Kier alpha value is -1.45. The van der Waals surface area contributed by atoms with Crippen molar-refractivity contribution in [3.63, 3.8) is 0 Å². The zero-order valence-corrected chi connectivity index (χ0v) is 9.61. The van der Waals surface area contributed by atoms with E-state index in [9.17, 15) is 5.11 Å². The van der Waals surface area contributed by atoms with E-state index in [-0.39, 0.29) is 0 Å². The van der Waals surface area contributed by atoms with Crippen molar-refractivity contribution < 1.29 is 5.11 Å². The predicted octanol–water partition coefficient (Wildman–Crippen LogP) is 2.99. The highest BCUT2D eigenvalue weighted by molar-refractivity contribution is 7.78. The molecular formula is C13H13NOS. The van der Waals surface area contributed by atoms with Gasteiger partial charge in [0.1, 0.15) is 5.75 Å². The van der Waals surface area contributed by atoms with Crippen LogP contribution in [0.1, 0.15) is 5.56 Å². The van der Waals surface area contributed by atoms with Gasteiger partial charge in [0.05, 0.1) is 0 Å². The number of hydrogen-bond acceptors (Lipinski definition) is 3. The molecule has 2 aromatic rings. The fraction of sp³-hybridized carbons (Fsp3) is 0.0769. The van der Waals surface area contributed by atoms with E-state index in [0.717, 1.165) is 16.7 Å². The first-order chi connectivity index (χ1) is 7.81. The Kier molecular flexibility index (Phi) is 3.49. The Morgan fingerprint density at radius 1 is 1.06 bits per heavy atom. The molecule has 82 valence electrons. The molecule has 0 aromatic heterocycles. The minimum atomic E-state index is 0.304. The van der Waals surface area contributed by atoms with Gasteiger partial charge in [-0.1, -0.05) is 49.2 Å². The van der Waals surface area contributed by atoms with Gasteiger partial charge in [0.2, 0.25) is 0 Å². The van der Waals surface area contributed by atoms with E-state index in [1.54, 1.807) is 6.07 Å². The van der Waals surface area contributed by atoms with Gasteiger partial charge in [0.15, 0.2) is 0 Å². The molecule has 0 bridgehead atoms. The molecule has 2 nitrogen and oxygen atoms in total. The molecule has 0 unspecified atom stereocenters. The maximum atomic E-state index is 9.75. The first-order valence-electron chi connectivity index (χ1n) is 5.05. The molecule has 0 spiro atoms.